The molecule has 3 atom stereocenters. The van der Waals surface area contributed by atoms with E-state index in [0.717, 1.165) is 18.4 Å². The van der Waals surface area contributed by atoms with E-state index in [9.17, 15) is 24.0 Å². The lowest BCUT2D eigenvalue weighted by Gasteiger charge is -2.21. The van der Waals surface area contributed by atoms with Crippen LogP contribution in [-0.2, 0) is 19.2 Å². The summed E-state index contributed by atoms with van der Waals surface area (Å²) in [5, 5.41) is 10.7. The summed E-state index contributed by atoms with van der Waals surface area (Å²) in [6.07, 6.45) is 2.19. The Balaban J connectivity index is 1.81. The second-order valence-electron chi connectivity index (χ2n) is 8.45. The zero-order valence-corrected chi connectivity index (χ0v) is 17.9. The number of ketones is 1. The largest absolute Gasteiger partial charge is 0.353 e. The molecule has 0 spiro atoms. The van der Waals surface area contributed by atoms with E-state index >= 15 is 0 Å². The van der Waals surface area contributed by atoms with Gasteiger partial charge >= 0.3 is 0 Å². The third kappa shape index (κ3) is 5.90. The fourth-order valence-electron chi connectivity index (χ4n) is 3.70. The molecule has 0 bridgehead atoms. The minimum atomic E-state index is -1.15. The summed E-state index contributed by atoms with van der Waals surface area (Å²) in [4.78, 5) is 62.0. The van der Waals surface area contributed by atoms with Crippen molar-refractivity contribution in [3.05, 3.63) is 29.3 Å². The third-order valence-electron chi connectivity index (χ3n) is 5.41. The molecule has 166 valence electrons. The molecule has 1 unspecified atom stereocenters. The van der Waals surface area contributed by atoms with Crippen LogP contribution in [-0.4, -0.2) is 47.5 Å². The molecule has 9 nitrogen and oxygen atoms in total. The van der Waals surface area contributed by atoms with Crippen molar-refractivity contribution in [2.24, 2.45) is 5.92 Å². The summed E-state index contributed by atoms with van der Waals surface area (Å²) >= 11 is 0. The van der Waals surface area contributed by atoms with E-state index in [1.54, 1.807) is 25.1 Å². The molecule has 0 aromatic heterocycles. The molecule has 2 fully saturated rings. The fourth-order valence-corrected chi connectivity index (χ4v) is 3.70. The second-order valence-corrected chi connectivity index (χ2v) is 8.45. The Morgan fingerprint density at radius 1 is 1.19 bits per heavy atom. The summed E-state index contributed by atoms with van der Waals surface area (Å²) in [5.41, 5.74) is 1.27. The number of rotatable bonds is 8. The van der Waals surface area contributed by atoms with E-state index in [1.165, 1.54) is 6.92 Å². The van der Waals surface area contributed by atoms with E-state index < -0.39 is 29.6 Å². The Kier molecular flexibility index (Phi) is 6.72. The maximum absolute atomic E-state index is 13.0. The monoisotopic (exact) mass is 428 g/mol. The molecule has 1 heterocycles. The number of hydrogen-bond acceptors (Lipinski definition) is 5. The lowest BCUT2D eigenvalue weighted by Crippen LogP contribution is -2.49. The van der Waals surface area contributed by atoms with Crippen molar-refractivity contribution >= 4 is 35.1 Å². The van der Waals surface area contributed by atoms with Crippen molar-refractivity contribution in [3.63, 3.8) is 0 Å². The molecule has 1 saturated heterocycles. The topological polar surface area (TPSA) is 133 Å². The van der Waals surface area contributed by atoms with Gasteiger partial charge in [-0.3, -0.25) is 24.0 Å². The maximum atomic E-state index is 13.0. The normalized spacial score (nSPS) is 21.1. The number of carbonyl (C=O) groups excluding carboxylic acids is 5. The zero-order valence-electron chi connectivity index (χ0n) is 17.9. The number of anilines is 1. The molecule has 4 N–H and O–H groups in total. The minimum absolute atomic E-state index is 0.00857. The van der Waals surface area contributed by atoms with E-state index in [-0.39, 0.29) is 35.9 Å². The quantitative estimate of drug-likeness (QED) is 0.455. The Morgan fingerprint density at radius 2 is 1.90 bits per heavy atom. The molecule has 1 aliphatic carbocycles. The smallest absolute Gasteiger partial charge is 0.289 e. The molecular formula is C22H28N4O5. The summed E-state index contributed by atoms with van der Waals surface area (Å²) in [6, 6.07) is 3.75. The first kappa shape index (κ1) is 22.5. The molecule has 1 aromatic rings. The van der Waals surface area contributed by atoms with Crippen LogP contribution in [0.25, 0.3) is 0 Å². The average Bonchev–Trinajstić information content (AvgIpc) is 3.44. The summed E-state index contributed by atoms with van der Waals surface area (Å²) in [5.74, 6) is -3.16. The molecule has 4 amide bonds. The van der Waals surface area contributed by atoms with Crippen molar-refractivity contribution in [3.8, 4) is 0 Å². The van der Waals surface area contributed by atoms with Gasteiger partial charge in [0.2, 0.25) is 17.6 Å². The van der Waals surface area contributed by atoms with E-state index in [0.29, 0.717) is 12.1 Å². The van der Waals surface area contributed by atoms with Gasteiger partial charge in [-0.05, 0) is 51.7 Å². The highest BCUT2D eigenvalue weighted by atomic mass is 16.2. The van der Waals surface area contributed by atoms with Crippen molar-refractivity contribution in [1.82, 2.24) is 16.0 Å². The number of Topliss-reactive ketones (excluding diaryl/α,β-unsaturated/α-hetero) is 1. The average molecular weight is 428 g/mol. The maximum Gasteiger partial charge on any atom is 0.289 e. The van der Waals surface area contributed by atoms with Gasteiger partial charge in [0.25, 0.3) is 11.8 Å². The van der Waals surface area contributed by atoms with Crippen LogP contribution < -0.4 is 21.3 Å². The van der Waals surface area contributed by atoms with Crippen molar-refractivity contribution in [2.75, 3.05) is 5.32 Å². The van der Waals surface area contributed by atoms with Gasteiger partial charge in [-0.15, -0.1) is 0 Å². The number of benzene rings is 1. The fraction of sp³-hybridized carbons (Fsp3) is 0.500. The molecule has 3 rings (SSSR count). The van der Waals surface area contributed by atoms with Crippen LogP contribution in [0.1, 0.15) is 55.5 Å². The van der Waals surface area contributed by atoms with Gasteiger partial charge in [0.1, 0.15) is 0 Å². The van der Waals surface area contributed by atoms with E-state index in [2.05, 4.69) is 21.3 Å². The minimum Gasteiger partial charge on any atom is -0.353 e. The number of amides is 4. The van der Waals surface area contributed by atoms with Crippen molar-refractivity contribution in [2.45, 2.75) is 64.6 Å². The Hall–Kier alpha value is -3.23. The Bertz CT molecular complexity index is 924. The first-order valence-corrected chi connectivity index (χ1v) is 10.5. The summed E-state index contributed by atoms with van der Waals surface area (Å²) in [7, 11) is 0. The van der Waals surface area contributed by atoms with Crippen LogP contribution >= 0.6 is 0 Å². The van der Waals surface area contributed by atoms with Crippen LogP contribution in [0.15, 0.2) is 18.2 Å². The van der Waals surface area contributed by atoms with Gasteiger partial charge in [0.05, 0.1) is 17.3 Å². The van der Waals surface area contributed by atoms with Gasteiger partial charge < -0.3 is 21.3 Å². The predicted molar refractivity (Wildman–Crippen MR) is 113 cm³/mol. The van der Waals surface area contributed by atoms with Gasteiger partial charge in [-0.25, -0.2) is 0 Å². The number of hydrogen-bond donors (Lipinski definition) is 4. The van der Waals surface area contributed by atoms with Gasteiger partial charge in [0.15, 0.2) is 0 Å². The highest BCUT2D eigenvalue weighted by Crippen LogP contribution is 2.23. The van der Waals surface area contributed by atoms with Crippen LogP contribution in [0.2, 0.25) is 0 Å². The molecule has 9 heteroatoms. The van der Waals surface area contributed by atoms with Gasteiger partial charge in [-0.2, -0.15) is 0 Å². The highest BCUT2D eigenvalue weighted by Gasteiger charge is 2.37. The van der Waals surface area contributed by atoms with Crippen LogP contribution in [0.4, 0.5) is 5.69 Å². The van der Waals surface area contributed by atoms with Gasteiger partial charge in [-0.1, -0.05) is 11.6 Å². The summed E-state index contributed by atoms with van der Waals surface area (Å²) < 4.78 is 0. The summed E-state index contributed by atoms with van der Waals surface area (Å²) in [6.45, 7) is 4.99. The highest BCUT2D eigenvalue weighted by molar-refractivity contribution is 6.38. The molecular weight excluding hydrogens is 400 g/mol. The standard InChI is InChI=1S/C22H28N4O5/c1-11-4-7-17(24-13(3)27)16(8-11)21(30)26-18(10-14-9-12(2)23-20(14)29)19(28)22(31)25-15-5-6-15/h4,7-8,12,14-15,18H,5-6,9-10H2,1-3H3,(H,23,29)(H,24,27)(H,25,31)(H,26,30)/t12?,14-,18-/m0/s1. The molecule has 31 heavy (non-hydrogen) atoms. The first-order valence-electron chi connectivity index (χ1n) is 10.5. The third-order valence-corrected chi connectivity index (χ3v) is 5.41. The second kappa shape index (κ2) is 9.28. The first-order chi connectivity index (χ1) is 14.6. The molecule has 1 saturated carbocycles. The Morgan fingerprint density at radius 3 is 2.48 bits per heavy atom. The number of nitrogens with one attached hydrogen (secondary N) is 4. The van der Waals surface area contributed by atoms with Crippen molar-refractivity contribution < 1.29 is 24.0 Å². The lowest BCUT2D eigenvalue weighted by molar-refractivity contribution is -0.139. The van der Waals surface area contributed by atoms with Crippen molar-refractivity contribution in [1.29, 1.82) is 0 Å². The molecule has 0 radical (unpaired) electrons. The zero-order chi connectivity index (χ0) is 22.7. The number of carbonyl (C=O) groups is 5. The van der Waals surface area contributed by atoms with E-state index in [4.69, 9.17) is 0 Å². The SMILES string of the molecule is CC(=O)Nc1ccc(C)cc1C(=O)N[C@@H](C[C@@H]1CC(C)NC1=O)C(=O)C(=O)NC1CC1. The Labute approximate surface area is 180 Å². The van der Waals surface area contributed by atoms with Crippen LogP contribution in [0.3, 0.4) is 0 Å². The number of aryl methyl sites for hydroxylation is 1. The van der Waals surface area contributed by atoms with Gasteiger partial charge in [0, 0.05) is 24.9 Å². The van der Waals surface area contributed by atoms with Crippen LogP contribution in [0.5, 0.6) is 0 Å². The lowest BCUT2D eigenvalue weighted by atomic mass is 9.93. The molecule has 2 aliphatic rings. The van der Waals surface area contributed by atoms with E-state index in [1.807, 2.05) is 6.92 Å². The predicted octanol–water partition coefficient (Wildman–Crippen LogP) is 0.814. The molecule has 1 aromatic carbocycles. The molecule has 1 aliphatic heterocycles. The van der Waals surface area contributed by atoms with Crippen LogP contribution in [0, 0.1) is 12.8 Å².